The Bertz CT molecular complexity index is 363. The van der Waals surface area contributed by atoms with Crippen LogP contribution in [0.3, 0.4) is 0 Å². The Balaban J connectivity index is 1.64. The van der Waals surface area contributed by atoms with Gasteiger partial charge in [0, 0.05) is 6.61 Å². The van der Waals surface area contributed by atoms with Crippen molar-refractivity contribution in [3.63, 3.8) is 0 Å². The Morgan fingerprint density at radius 1 is 1.05 bits per heavy atom. The molecule has 0 amide bonds. The molecule has 1 saturated carbocycles. The lowest BCUT2D eigenvalue weighted by molar-refractivity contribution is -0.0345. The van der Waals surface area contributed by atoms with Gasteiger partial charge in [-0.1, -0.05) is 55.7 Å². The van der Waals surface area contributed by atoms with Crippen LogP contribution in [0.2, 0.25) is 0 Å². The lowest BCUT2D eigenvalue weighted by atomic mass is 9.85. The van der Waals surface area contributed by atoms with Crippen molar-refractivity contribution < 1.29 is 4.74 Å². The molecule has 1 fully saturated rings. The predicted octanol–water partition coefficient (Wildman–Crippen LogP) is 4.91. The van der Waals surface area contributed by atoms with Crippen LogP contribution >= 0.6 is 0 Å². The van der Waals surface area contributed by atoms with Crippen molar-refractivity contribution in [3.05, 3.63) is 48.6 Å². The number of unbranched alkanes of at least 4 members (excludes halogenated alkanes) is 1. The van der Waals surface area contributed by atoms with Crippen molar-refractivity contribution in [2.24, 2.45) is 0 Å². The highest BCUT2D eigenvalue weighted by Gasteiger charge is 2.29. The number of hydrogen-bond acceptors (Lipinski definition) is 1. The average Bonchev–Trinajstić information content (AvgIpc) is 2.49. The van der Waals surface area contributed by atoms with E-state index in [4.69, 9.17) is 4.74 Å². The maximum absolute atomic E-state index is 6.14. The first-order chi connectivity index (χ1) is 9.35. The lowest BCUT2D eigenvalue weighted by Gasteiger charge is -2.34. The van der Waals surface area contributed by atoms with Gasteiger partial charge in [-0.3, -0.25) is 0 Å². The summed E-state index contributed by atoms with van der Waals surface area (Å²) < 4.78 is 6.14. The summed E-state index contributed by atoms with van der Waals surface area (Å²) in [6.07, 6.45) is 11.8. The fraction of sp³-hybridized carbons (Fsp3) is 0.556. The molecular formula is C18H26O. The van der Waals surface area contributed by atoms with Crippen molar-refractivity contribution >= 4 is 0 Å². The second-order valence-corrected chi connectivity index (χ2v) is 5.62. The molecule has 1 aliphatic carbocycles. The number of rotatable bonds is 7. The molecule has 0 aromatic heterocycles. The van der Waals surface area contributed by atoms with Crippen LogP contribution in [0, 0.1) is 0 Å². The second-order valence-electron chi connectivity index (χ2n) is 5.62. The van der Waals surface area contributed by atoms with Gasteiger partial charge in [-0.05, 0) is 37.7 Å². The van der Waals surface area contributed by atoms with E-state index < -0.39 is 0 Å². The fourth-order valence-electron chi connectivity index (χ4n) is 2.91. The Hall–Kier alpha value is -1.08. The molecule has 1 aromatic rings. The van der Waals surface area contributed by atoms with Crippen LogP contribution in [-0.4, -0.2) is 12.2 Å². The van der Waals surface area contributed by atoms with Gasteiger partial charge in [0.15, 0.2) is 0 Å². The van der Waals surface area contributed by atoms with Crippen molar-refractivity contribution in [1.82, 2.24) is 0 Å². The molecule has 1 heteroatoms. The normalized spacial score (nSPS) is 18.1. The van der Waals surface area contributed by atoms with Crippen molar-refractivity contribution in [1.29, 1.82) is 0 Å². The summed E-state index contributed by atoms with van der Waals surface area (Å²) >= 11 is 0. The first-order valence-electron chi connectivity index (χ1n) is 7.66. The SMILES string of the molecule is C=CC1(OCCCCc2ccccc2)CCCCC1. The van der Waals surface area contributed by atoms with E-state index in [0.717, 1.165) is 32.3 Å². The zero-order valence-electron chi connectivity index (χ0n) is 11.9. The number of aryl methyl sites for hydroxylation is 1. The molecule has 2 rings (SSSR count). The maximum Gasteiger partial charge on any atom is 0.0859 e. The van der Waals surface area contributed by atoms with Gasteiger partial charge in [-0.25, -0.2) is 0 Å². The number of hydrogen-bond donors (Lipinski definition) is 0. The van der Waals surface area contributed by atoms with Gasteiger partial charge in [-0.2, -0.15) is 0 Å². The third kappa shape index (κ3) is 4.50. The maximum atomic E-state index is 6.14. The molecule has 1 aromatic carbocycles. The van der Waals surface area contributed by atoms with Crippen molar-refractivity contribution in [3.8, 4) is 0 Å². The Morgan fingerprint density at radius 3 is 2.47 bits per heavy atom. The Labute approximate surface area is 117 Å². The van der Waals surface area contributed by atoms with Crippen molar-refractivity contribution in [2.45, 2.75) is 57.0 Å². The first-order valence-corrected chi connectivity index (χ1v) is 7.66. The molecule has 0 radical (unpaired) electrons. The number of benzene rings is 1. The van der Waals surface area contributed by atoms with Gasteiger partial charge >= 0.3 is 0 Å². The molecule has 0 bridgehead atoms. The van der Waals surface area contributed by atoms with E-state index in [-0.39, 0.29) is 5.60 Å². The van der Waals surface area contributed by atoms with E-state index in [1.165, 1.54) is 31.2 Å². The summed E-state index contributed by atoms with van der Waals surface area (Å²) in [6, 6.07) is 10.7. The zero-order chi connectivity index (χ0) is 13.4. The molecule has 104 valence electrons. The van der Waals surface area contributed by atoms with Gasteiger partial charge in [0.2, 0.25) is 0 Å². The lowest BCUT2D eigenvalue weighted by Crippen LogP contribution is -2.32. The molecule has 0 saturated heterocycles. The highest BCUT2D eigenvalue weighted by Crippen LogP contribution is 2.32. The predicted molar refractivity (Wildman–Crippen MR) is 81.3 cm³/mol. The van der Waals surface area contributed by atoms with Gasteiger partial charge in [0.25, 0.3) is 0 Å². The molecule has 0 unspecified atom stereocenters. The topological polar surface area (TPSA) is 9.23 Å². The third-order valence-electron chi connectivity index (χ3n) is 4.16. The van der Waals surface area contributed by atoms with E-state index in [9.17, 15) is 0 Å². The van der Waals surface area contributed by atoms with Gasteiger partial charge in [0.05, 0.1) is 5.60 Å². The summed E-state index contributed by atoms with van der Waals surface area (Å²) in [7, 11) is 0. The van der Waals surface area contributed by atoms with E-state index in [0.29, 0.717) is 0 Å². The molecular weight excluding hydrogens is 232 g/mol. The van der Waals surface area contributed by atoms with E-state index in [1.54, 1.807) is 0 Å². The Morgan fingerprint density at radius 2 is 1.79 bits per heavy atom. The van der Waals surface area contributed by atoms with Gasteiger partial charge < -0.3 is 4.74 Å². The highest BCUT2D eigenvalue weighted by molar-refractivity contribution is 5.14. The second kappa shape index (κ2) is 7.49. The molecule has 0 aliphatic heterocycles. The minimum atomic E-state index is -0.00893. The minimum Gasteiger partial charge on any atom is -0.371 e. The monoisotopic (exact) mass is 258 g/mol. The summed E-state index contributed by atoms with van der Waals surface area (Å²) in [5.74, 6) is 0. The van der Waals surface area contributed by atoms with Crippen LogP contribution in [0.25, 0.3) is 0 Å². The largest absolute Gasteiger partial charge is 0.371 e. The molecule has 19 heavy (non-hydrogen) atoms. The van der Waals surface area contributed by atoms with Crippen molar-refractivity contribution in [2.75, 3.05) is 6.61 Å². The summed E-state index contributed by atoms with van der Waals surface area (Å²) in [4.78, 5) is 0. The fourth-order valence-corrected chi connectivity index (χ4v) is 2.91. The van der Waals surface area contributed by atoms with E-state index in [1.807, 2.05) is 6.08 Å². The Kier molecular flexibility index (Phi) is 5.65. The van der Waals surface area contributed by atoms with Crippen LogP contribution in [0.15, 0.2) is 43.0 Å². The third-order valence-corrected chi connectivity index (χ3v) is 4.16. The summed E-state index contributed by atoms with van der Waals surface area (Å²) in [6.45, 7) is 4.85. The number of ether oxygens (including phenoxy) is 1. The molecule has 0 N–H and O–H groups in total. The summed E-state index contributed by atoms with van der Waals surface area (Å²) in [5.41, 5.74) is 1.42. The highest BCUT2D eigenvalue weighted by atomic mass is 16.5. The van der Waals surface area contributed by atoms with Crippen LogP contribution in [0.4, 0.5) is 0 Å². The average molecular weight is 258 g/mol. The van der Waals surface area contributed by atoms with Crippen LogP contribution in [0.5, 0.6) is 0 Å². The van der Waals surface area contributed by atoms with E-state index in [2.05, 4.69) is 36.9 Å². The standard InChI is InChI=1S/C18H26O/c1-2-18(14-8-4-9-15-18)19-16-10-7-13-17-11-5-3-6-12-17/h2-3,5-6,11-12H,1,4,7-10,13-16H2. The molecule has 1 nitrogen and oxygen atoms in total. The zero-order valence-corrected chi connectivity index (χ0v) is 11.9. The molecule has 0 heterocycles. The quantitative estimate of drug-likeness (QED) is 0.498. The van der Waals surface area contributed by atoms with Gasteiger partial charge in [0.1, 0.15) is 0 Å². The molecule has 0 atom stereocenters. The van der Waals surface area contributed by atoms with E-state index >= 15 is 0 Å². The van der Waals surface area contributed by atoms with Crippen LogP contribution in [0.1, 0.15) is 50.5 Å². The van der Waals surface area contributed by atoms with Crippen LogP contribution in [-0.2, 0) is 11.2 Å². The molecule has 0 spiro atoms. The smallest absolute Gasteiger partial charge is 0.0859 e. The van der Waals surface area contributed by atoms with Crippen LogP contribution < -0.4 is 0 Å². The minimum absolute atomic E-state index is 0.00893. The summed E-state index contributed by atoms with van der Waals surface area (Å²) in [5, 5.41) is 0. The molecule has 1 aliphatic rings. The van der Waals surface area contributed by atoms with Gasteiger partial charge in [-0.15, -0.1) is 6.58 Å². The first kappa shape index (κ1) is 14.3.